The molecule has 7 nitrogen and oxygen atoms in total. The molecule has 1 saturated carbocycles. The van der Waals surface area contributed by atoms with E-state index in [0.717, 1.165) is 37.7 Å². The number of carbonyl (C=O) groups is 1. The second-order valence-corrected chi connectivity index (χ2v) is 7.32. The summed E-state index contributed by atoms with van der Waals surface area (Å²) in [6, 6.07) is 4.07. The van der Waals surface area contributed by atoms with E-state index < -0.39 is 0 Å². The van der Waals surface area contributed by atoms with E-state index in [1.54, 1.807) is 24.5 Å². The summed E-state index contributed by atoms with van der Waals surface area (Å²) >= 11 is 0. The van der Waals surface area contributed by atoms with Crippen molar-refractivity contribution in [3.8, 4) is 0 Å². The van der Waals surface area contributed by atoms with Crippen molar-refractivity contribution in [1.29, 1.82) is 0 Å². The van der Waals surface area contributed by atoms with Gasteiger partial charge in [0.15, 0.2) is 5.82 Å². The van der Waals surface area contributed by atoms with Crippen molar-refractivity contribution >= 4 is 5.91 Å². The molecule has 0 aromatic carbocycles. The smallest absolute Gasteiger partial charge is 0.254 e. The number of nitrogens with one attached hydrogen (secondary N) is 1. The zero-order chi connectivity index (χ0) is 17.9. The fourth-order valence-corrected chi connectivity index (χ4v) is 4.25. The van der Waals surface area contributed by atoms with Crippen LogP contribution in [-0.4, -0.2) is 61.5 Å². The van der Waals surface area contributed by atoms with Gasteiger partial charge in [0.25, 0.3) is 5.91 Å². The van der Waals surface area contributed by atoms with E-state index in [1.165, 1.54) is 25.7 Å². The van der Waals surface area contributed by atoms with E-state index in [0.29, 0.717) is 11.6 Å². The summed E-state index contributed by atoms with van der Waals surface area (Å²) in [6.45, 7) is 4.46. The highest BCUT2D eigenvalue weighted by atomic mass is 16.2. The first-order valence-corrected chi connectivity index (χ1v) is 9.56. The minimum atomic E-state index is -0.122. The molecule has 2 aromatic heterocycles. The van der Waals surface area contributed by atoms with Crippen LogP contribution < -0.4 is 0 Å². The number of pyridine rings is 1. The van der Waals surface area contributed by atoms with Gasteiger partial charge in [-0.3, -0.25) is 19.8 Å². The summed E-state index contributed by atoms with van der Waals surface area (Å²) in [5.74, 6) is 1.54. The Hall–Kier alpha value is -2.28. The largest absolute Gasteiger partial charge is 0.327 e. The maximum Gasteiger partial charge on any atom is 0.254 e. The van der Waals surface area contributed by atoms with Gasteiger partial charge < -0.3 is 4.90 Å². The highest BCUT2D eigenvalue weighted by Crippen LogP contribution is 2.30. The Balaban J connectivity index is 1.63. The third kappa shape index (κ3) is 3.49. The molecule has 26 heavy (non-hydrogen) atoms. The lowest BCUT2D eigenvalue weighted by Gasteiger charge is -2.32. The van der Waals surface area contributed by atoms with Gasteiger partial charge in [0.1, 0.15) is 11.9 Å². The molecule has 2 aliphatic rings. The topological polar surface area (TPSA) is 78.0 Å². The predicted molar refractivity (Wildman–Crippen MR) is 97.6 cm³/mol. The van der Waals surface area contributed by atoms with Crippen molar-refractivity contribution in [2.45, 2.75) is 51.1 Å². The molecular formula is C19H26N6O. The average molecular weight is 354 g/mol. The zero-order valence-electron chi connectivity index (χ0n) is 15.3. The first-order chi connectivity index (χ1) is 12.7. The third-order valence-electron chi connectivity index (χ3n) is 5.57. The van der Waals surface area contributed by atoms with Crippen molar-refractivity contribution in [3.63, 3.8) is 0 Å². The molecule has 0 radical (unpaired) electrons. The van der Waals surface area contributed by atoms with Gasteiger partial charge in [0.2, 0.25) is 0 Å². The zero-order valence-corrected chi connectivity index (χ0v) is 15.3. The molecule has 2 fully saturated rings. The number of rotatable bonds is 3. The molecule has 2 aromatic rings. The van der Waals surface area contributed by atoms with Gasteiger partial charge in [-0.2, -0.15) is 5.10 Å². The summed E-state index contributed by atoms with van der Waals surface area (Å²) in [5, 5.41) is 7.34. The van der Waals surface area contributed by atoms with E-state index in [2.05, 4.69) is 25.1 Å². The van der Waals surface area contributed by atoms with Crippen molar-refractivity contribution in [3.05, 3.63) is 41.7 Å². The van der Waals surface area contributed by atoms with E-state index >= 15 is 0 Å². The van der Waals surface area contributed by atoms with Crippen LogP contribution in [0.4, 0.5) is 0 Å². The van der Waals surface area contributed by atoms with E-state index in [4.69, 9.17) is 0 Å². The molecule has 0 spiro atoms. The standard InChI is InChI=1S/C19H26N6O/c1-14-21-18(23-22-14)17-13-24(16-5-2-3-6-16)11-4-12-25(17)19(26)15-7-9-20-10-8-15/h7-10,16-17H,2-6,11-13H2,1H3,(H,21,22,23). The second-order valence-electron chi connectivity index (χ2n) is 7.32. The summed E-state index contributed by atoms with van der Waals surface area (Å²) < 4.78 is 0. The predicted octanol–water partition coefficient (Wildman–Crippen LogP) is 2.34. The van der Waals surface area contributed by atoms with E-state index in [9.17, 15) is 4.79 Å². The van der Waals surface area contributed by atoms with Crippen molar-refractivity contribution in [1.82, 2.24) is 30.0 Å². The van der Waals surface area contributed by atoms with Gasteiger partial charge >= 0.3 is 0 Å². The molecule has 7 heteroatoms. The van der Waals surface area contributed by atoms with Crippen LogP contribution in [0.25, 0.3) is 0 Å². The Labute approximate surface area is 153 Å². The third-order valence-corrected chi connectivity index (χ3v) is 5.57. The van der Waals surface area contributed by atoms with Crippen LogP contribution in [0, 0.1) is 6.92 Å². The molecule has 1 N–H and O–H groups in total. The molecule has 1 aliphatic carbocycles. The number of aromatic amines is 1. The Morgan fingerprint density at radius 3 is 2.62 bits per heavy atom. The fourth-order valence-electron chi connectivity index (χ4n) is 4.25. The van der Waals surface area contributed by atoms with Gasteiger partial charge in [-0.05, 0) is 38.3 Å². The van der Waals surface area contributed by atoms with Crippen LogP contribution in [0.5, 0.6) is 0 Å². The monoisotopic (exact) mass is 354 g/mol. The number of amides is 1. The number of carbonyl (C=O) groups excluding carboxylic acids is 1. The van der Waals surface area contributed by atoms with Crippen LogP contribution >= 0.6 is 0 Å². The maximum absolute atomic E-state index is 13.2. The van der Waals surface area contributed by atoms with Crippen LogP contribution in [-0.2, 0) is 0 Å². The number of H-pyrrole nitrogens is 1. The van der Waals surface area contributed by atoms with Gasteiger partial charge in [-0.25, -0.2) is 4.98 Å². The van der Waals surface area contributed by atoms with E-state index in [1.807, 2.05) is 11.8 Å². The fraction of sp³-hybridized carbons (Fsp3) is 0.579. The molecule has 1 saturated heterocycles. The van der Waals surface area contributed by atoms with Crippen LogP contribution in [0.2, 0.25) is 0 Å². The lowest BCUT2D eigenvalue weighted by molar-refractivity contribution is 0.0652. The Bertz CT molecular complexity index is 739. The molecule has 1 atom stereocenters. The molecule has 3 heterocycles. The molecule has 1 amide bonds. The first kappa shape index (κ1) is 17.1. The molecular weight excluding hydrogens is 328 g/mol. The van der Waals surface area contributed by atoms with Gasteiger partial charge in [-0.15, -0.1) is 0 Å². The van der Waals surface area contributed by atoms with Crippen molar-refractivity contribution in [2.24, 2.45) is 0 Å². The number of aryl methyl sites for hydroxylation is 1. The molecule has 0 bridgehead atoms. The Kier molecular flexibility index (Phi) is 4.97. The maximum atomic E-state index is 13.2. The number of hydrogen-bond acceptors (Lipinski definition) is 5. The van der Waals surface area contributed by atoms with E-state index in [-0.39, 0.29) is 11.9 Å². The summed E-state index contributed by atoms with van der Waals surface area (Å²) in [5.41, 5.74) is 0.673. The first-order valence-electron chi connectivity index (χ1n) is 9.56. The minimum Gasteiger partial charge on any atom is -0.327 e. The second kappa shape index (κ2) is 7.53. The highest BCUT2D eigenvalue weighted by molar-refractivity contribution is 5.94. The SMILES string of the molecule is Cc1nc(C2CN(C3CCCC3)CCCN2C(=O)c2ccncc2)n[nH]1. The summed E-state index contributed by atoms with van der Waals surface area (Å²) in [7, 11) is 0. The number of aromatic nitrogens is 4. The van der Waals surface area contributed by atoms with Gasteiger partial charge in [-0.1, -0.05) is 12.8 Å². The summed E-state index contributed by atoms with van der Waals surface area (Å²) in [6.07, 6.45) is 9.46. The van der Waals surface area contributed by atoms with Crippen LogP contribution in [0.3, 0.4) is 0 Å². The average Bonchev–Trinajstić information content (AvgIpc) is 3.30. The lowest BCUT2D eigenvalue weighted by Crippen LogP contribution is -2.41. The number of hydrogen-bond donors (Lipinski definition) is 1. The van der Waals surface area contributed by atoms with Crippen LogP contribution in [0.1, 0.15) is 60.2 Å². The quantitative estimate of drug-likeness (QED) is 0.915. The molecule has 4 rings (SSSR count). The summed E-state index contributed by atoms with van der Waals surface area (Å²) in [4.78, 5) is 26.3. The van der Waals surface area contributed by atoms with Crippen LogP contribution in [0.15, 0.2) is 24.5 Å². The molecule has 138 valence electrons. The normalized spacial score (nSPS) is 22.5. The van der Waals surface area contributed by atoms with Gasteiger partial charge in [0, 0.05) is 43.6 Å². The van der Waals surface area contributed by atoms with Crippen molar-refractivity contribution < 1.29 is 4.79 Å². The van der Waals surface area contributed by atoms with Crippen molar-refractivity contribution in [2.75, 3.05) is 19.6 Å². The Morgan fingerprint density at radius 1 is 1.15 bits per heavy atom. The lowest BCUT2D eigenvalue weighted by atomic mass is 10.1. The highest BCUT2D eigenvalue weighted by Gasteiger charge is 2.35. The molecule has 1 unspecified atom stereocenters. The van der Waals surface area contributed by atoms with Gasteiger partial charge in [0.05, 0.1) is 0 Å². The number of nitrogens with zero attached hydrogens (tertiary/aromatic N) is 5. The minimum absolute atomic E-state index is 0.0353. The Morgan fingerprint density at radius 2 is 1.92 bits per heavy atom. The molecule has 1 aliphatic heterocycles.